The molecule has 0 aromatic rings. The number of nitrogens with one attached hydrogen (secondary N) is 1. The highest BCUT2D eigenvalue weighted by atomic mass is 32.2. The lowest BCUT2D eigenvalue weighted by atomic mass is 10.4. The average molecular weight is 279 g/mol. The molecule has 0 aromatic carbocycles. The van der Waals surface area contributed by atoms with Gasteiger partial charge >= 0.3 is 5.97 Å². The number of piperazine rings is 1. The number of nitrogens with zero attached hydrogens (tertiary/aromatic N) is 2. The molecule has 106 valence electrons. The van der Waals surface area contributed by atoms with Crippen molar-refractivity contribution in [2.75, 3.05) is 46.4 Å². The molecule has 1 N–H and O–H groups in total. The lowest BCUT2D eigenvalue weighted by Gasteiger charge is -2.30. The Bertz CT molecular complexity index is 365. The van der Waals surface area contributed by atoms with E-state index >= 15 is 0 Å². The highest BCUT2D eigenvalue weighted by Crippen LogP contribution is 2.08. The third-order valence-electron chi connectivity index (χ3n) is 2.73. The van der Waals surface area contributed by atoms with E-state index in [1.807, 2.05) is 0 Å². The first-order valence-electron chi connectivity index (χ1n) is 6.06. The first-order chi connectivity index (χ1) is 8.48. The number of rotatable bonds is 6. The maximum Gasteiger partial charge on any atom is 0.307 e. The van der Waals surface area contributed by atoms with Crippen LogP contribution < -0.4 is 5.32 Å². The molecule has 0 aromatic heterocycles. The standard InChI is InChI=1S/C10H21N3O4S/c1-3-17-10(14)4-7-12(2)18(15,16)13-8-5-11-6-9-13/h11H,3-9H2,1-2H3. The van der Waals surface area contributed by atoms with Crippen LogP contribution in [-0.4, -0.2) is 69.4 Å². The fourth-order valence-electron chi connectivity index (χ4n) is 1.67. The zero-order valence-electron chi connectivity index (χ0n) is 10.9. The van der Waals surface area contributed by atoms with Crippen molar-refractivity contribution in [3.63, 3.8) is 0 Å². The summed E-state index contributed by atoms with van der Waals surface area (Å²) in [5.74, 6) is -0.375. The first kappa shape index (κ1) is 15.4. The van der Waals surface area contributed by atoms with Crippen LogP contribution in [0, 0.1) is 0 Å². The molecule has 1 fully saturated rings. The molecule has 8 heteroatoms. The van der Waals surface area contributed by atoms with Gasteiger partial charge < -0.3 is 10.1 Å². The van der Waals surface area contributed by atoms with E-state index in [0.717, 1.165) is 0 Å². The van der Waals surface area contributed by atoms with Gasteiger partial charge in [0.1, 0.15) is 0 Å². The van der Waals surface area contributed by atoms with Crippen LogP contribution in [-0.2, 0) is 19.7 Å². The van der Waals surface area contributed by atoms with E-state index in [2.05, 4.69) is 5.32 Å². The van der Waals surface area contributed by atoms with Crippen LogP contribution in [0.2, 0.25) is 0 Å². The Labute approximate surface area is 108 Å². The Kier molecular flexibility index (Phi) is 6.00. The molecule has 1 aliphatic heterocycles. The van der Waals surface area contributed by atoms with E-state index in [4.69, 9.17) is 4.74 Å². The zero-order valence-corrected chi connectivity index (χ0v) is 11.7. The zero-order chi connectivity index (χ0) is 13.6. The summed E-state index contributed by atoms with van der Waals surface area (Å²) in [6.45, 7) is 4.42. The molecular formula is C10H21N3O4S. The highest BCUT2D eigenvalue weighted by molar-refractivity contribution is 7.86. The predicted molar refractivity (Wildman–Crippen MR) is 67.2 cm³/mol. The van der Waals surface area contributed by atoms with E-state index in [1.54, 1.807) is 6.92 Å². The Morgan fingerprint density at radius 2 is 2.00 bits per heavy atom. The second kappa shape index (κ2) is 7.03. The fourth-order valence-corrected chi connectivity index (χ4v) is 3.03. The van der Waals surface area contributed by atoms with Crippen molar-refractivity contribution in [3.05, 3.63) is 0 Å². The highest BCUT2D eigenvalue weighted by Gasteiger charge is 2.28. The molecule has 1 aliphatic rings. The minimum atomic E-state index is -3.45. The van der Waals surface area contributed by atoms with Crippen molar-refractivity contribution in [1.29, 1.82) is 0 Å². The molecule has 0 radical (unpaired) electrons. The van der Waals surface area contributed by atoms with Gasteiger partial charge in [-0.2, -0.15) is 17.0 Å². The lowest BCUT2D eigenvalue weighted by Crippen LogP contribution is -2.51. The Morgan fingerprint density at radius 3 is 2.56 bits per heavy atom. The summed E-state index contributed by atoms with van der Waals surface area (Å²) < 4.78 is 31.7. The van der Waals surface area contributed by atoms with E-state index in [9.17, 15) is 13.2 Å². The summed E-state index contributed by atoms with van der Waals surface area (Å²) >= 11 is 0. The summed E-state index contributed by atoms with van der Waals surface area (Å²) in [4.78, 5) is 11.2. The molecule has 0 amide bonds. The van der Waals surface area contributed by atoms with Crippen LogP contribution in [0.4, 0.5) is 0 Å². The van der Waals surface area contributed by atoms with Crippen molar-refractivity contribution < 1.29 is 17.9 Å². The molecule has 1 saturated heterocycles. The SMILES string of the molecule is CCOC(=O)CCN(C)S(=O)(=O)N1CCNCC1. The van der Waals surface area contributed by atoms with Gasteiger partial charge in [0.2, 0.25) is 0 Å². The smallest absolute Gasteiger partial charge is 0.307 e. The molecule has 1 rings (SSSR count). The van der Waals surface area contributed by atoms with Gasteiger partial charge in [0.25, 0.3) is 10.2 Å². The van der Waals surface area contributed by atoms with Crippen LogP contribution in [0.5, 0.6) is 0 Å². The summed E-state index contributed by atoms with van der Waals surface area (Å²) in [5.41, 5.74) is 0. The maximum atomic E-state index is 12.1. The minimum Gasteiger partial charge on any atom is -0.466 e. The van der Waals surface area contributed by atoms with Gasteiger partial charge in [-0.15, -0.1) is 0 Å². The summed E-state index contributed by atoms with van der Waals surface area (Å²) in [7, 11) is -1.97. The van der Waals surface area contributed by atoms with Gasteiger partial charge in [0.15, 0.2) is 0 Å². The van der Waals surface area contributed by atoms with Crippen LogP contribution in [0.1, 0.15) is 13.3 Å². The third kappa shape index (κ3) is 4.20. The average Bonchev–Trinajstić information content (AvgIpc) is 2.37. The van der Waals surface area contributed by atoms with Gasteiger partial charge in [-0.3, -0.25) is 4.79 Å². The number of ether oxygens (including phenoxy) is 1. The van der Waals surface area contributed by atoms with Gasteiger partial charge in [-0.05, 0) is 6.92 Å². The normalized spacial score (nSPS) is 17.9. The number of hydrogen-bond donors (Lipinski definition) is 1. The van der Waals surface area contributed by atoms with Crippen molar-refractivity contribution in [2.24, 2.45) is 0 Å². The number of carbonyl (C=O) groups excluding carboxylic acids is 1. The number of hydrogen-bond acceptors (Lipinski definition) is 5. The molecule has 0 atom stereocenters. The van der Waals surface area contributed by atoms with E-state index in [-0.39, 0.29) is 18.9 Å². The molecular weight excluding hydrogens is 258 g/mol. The van der Waals surface area contributed by atoms with Crippen LogP contribution >= 0.6 is 0 Å². The monoisotopic (exact) mass is 279 g/mol. The van der Waals surface area contributed by atoms with E-state index < -0.39 is 10.2 Å². The fraction of sp³-hybridized carbons (Fsp3) is 0.900. The Morgan fingerprint density at radius 1 is 1.39 bits per heavy atom. The van der Waals surface area contributed by atoms with Gasteiger partial charge in [-0.25, -0.2) is 0 Å². The van der Waals surface area contributed by atoms with Crippen LogP contribution in [0.3, 0.4) is 0 Å². The second-order valence-electron chi connectivity index (χ2n) is 4.03. The van der Waals surface area contributed by atoms with E-state index in [1.165, 1.54) is 15.7 Å². The summed E-state index contributed by atoms with van der Waals surface area (Å²) in [5, 5.41) is 3.09. The Hall–Kier alpha value is -0.700. The largest absolute Gasteiger partial charge is 0.466 e. The van der Waals surface area contributed by atoms with Crippen molar-refractivity contribution >= 4 is 16.2 Å². The van der Waals surface area contributed by atoms with Crippen molar-refractivity contribution in [2.45, 2.75) is 13.3 Å². The topological polar surface area (TPSA) is 79.0 Å². The van der Waals surface area contributed by atoms with Crippen molar-refractivity contribution in [3.8, 4) is 0 Å². The van der Waals surface area contributed by atoms with Crippen LogP contribution in [0.15, 0.2) is 0 Å². The molecule has 0 bridgehead atoms. The lowest BCUT2D eigenvalue weighted by molar-refractivity contribution is -0.143. The third-order valence-corrected chi connectivity index (χ3v) is 4.72. The molecule has 0 saturated carbocycles. The van der Waals surface area contributed by atoms with Crippen molar-refractivity contribution in [1.82, 2.24) is 13.9 Å². The maximum absolute atomic E-state index is 12.1. The molecule has 0 unspecified atom stereocenters. The molecule has 0 aliphatic carbocycles. The second-order valence-corrected chi connectivity index (χ2v) is 6.07. The molecule has 7 nitrogen and oxygen atoms in total. The molecule has 1 heterocycles. The molecule has 0 spiro atoms. The quantitative estimate of drug-likeness (QED) is 0.632. The predicted octanol–water partition coefficient (Wildman–Crippen LogP) is -0.979. The summed E-state index contributed by atoms with van der Waals surface area (Å²) in [6, 6.07) is 0. The minimum absolute atomic E-state index is 0.0790. The first-order valence-corrected chi connectivity index (χ1v) is 7.46. The summed E-state index contributed by atoms with van der Waals surface area (Å²) in [6.07, 6.45) is 0.0790. The van der Waals surface area contributed by atoms with Gasteiger partial charge in [-0.1, -0.05) is 0 Å². The van der Waals surface area contributed by atoms with Crippen LogP contribution in [0.25, 0.3) is 0 Å². The molecule has 18 heavy (non-hydrogen) atoms. The Balaban J connectivity index is 2.48. The number of carbonyl (C=O) groups is 1. The van der Waals surface area contributed by atoms with Gasteiger partial charge in [0.05, 0.1) is 13.0 Å². The van der Waals surface area contributed by atoms with E-state index in [0.29, 0.717) is 32.8 Å². The van der Waals surface area contributed by atoms with Gasteiger partial charge in [0, 0.05) is 39.8 Å². The number of esters is 1.